The average molecular weight is 148 g/mol. The van der Waals surface area contributed by atoms with Crippen LogP contribution in [0.2, 0.25) is 0 Å². The molecule has 0 saturated heterocycles. The first-order valence-corrected chi connectivity index (χ1v) is 3.30. The summed E-state index contributed by atoms with van der Waals surface area (Å²) < 4.78 is 5.12. The molecular weight excluding hydrogens is 142 g/mol. The van der Waals surface area contributed by atoms with Gasteiger partial charge >= 0.3 is 0 Å². The molecule has 11 heavy (non-hydrogen) atoms. The SMILES string of the molecule is O=[C]C1Nc2ccccc2O1. The summed E-state index contributed by atoms with van der Waals surface area (Å²) in [7, 11) is 0. The van der Waals surface area contributed by atoms with Gasteiger partial charge in [0.15, 0.2) is 0 Å². The van der Waals surface area contributed by atoms with Gasteiger partial charge in [-0.25, -0.2) is 0 Å². The van der Waals surface area contributed by atoms with E-state index in [-0.39, 0.29) is 0 Å². The molecule has 1 aliphatic rings. The normalized spacial score (nSPS) is 19.8. The number of fused-ring (bicyclic) bond motifs is 1. The predicted molar refractivity (Wildman–Crippen MR) is 40.2 cm³/mol. The lowest BCUT2D eigenvalue weighted by Crippen LogP contribution is -2.20. The van der Waals surface area contributed by atoms with Crippen LogP contribution in [0, 0.1) is 0 Å². The Morgan fingerprint density at radius 2 is 2.27 bits per heavy atom. The molecular formula is C8H6NO2. The minimum Gasteiger partial charge on any atom is -0.461 e. The molecule has 1 aliphatic heterocycles. The zero-order valence-corrected chi connectivity index (χ0v) is 5.70. The monoisotopic (exact) mass is 148 g/mol. The van der Waals surface area contributed by atoms with Gasteiger partial charge in [-0.3, -0.25) is 4.79 Å². The highest BCUT2D eigenvalue weighted by molar-refractivity contribution is 5.71. The zero-order chi connectivity index (χ0) is 7.68. The molecule has 1 atom stereocenters. The van der Waals surface area contributed by atoms with E-state index in [1.807, 2.05) is 18.2 Å². The van der Waals surface area contributed by atoms with Crippen LogP contribution in [0.4, 0.5) is 5.69 Å². The lowest BCUT2D eigenvalue weighted by Gasteiger charge is -1.98. The van der Waals surface area contributed by atoms with E-state index in [1.54, 1.807) is 12.4 Å². The fourth-order valence-electron chi connectivity index (χ4n) is 1.04. The van der Waals surface area contributed by atoms with Crippen LogP contribution in [-0.4, -0.2) is 12.5 Å². The molecule has 0 spiro atoms. The maximum atomic E-state index is 10.2. The van der Waals surface area contributed by atoms with Crippen molar-refractivity contribution in [3.05, 3.63) is 24.3 Å². The van der Waals surface area contributed by atoms with Crippen LogP contribution in [0.3, 0.4) is 0 Å². The summed E-state index contributed by atoms with van der Waals surface area (Å²) >= 11 is 0. The van der Waals surface area contributed by atoms with E-state index in [0.717, 1.165) is 5.69 Å². The lowest BCUT2D eigenvalue weighted by atomic mass is 10.3. The van der Waals surface area contributed by atoms with Gasteiger partial charge in [-0.2, -0.15) is 0 Å². The Hall–Kier alpha value is -1.51. The molecule has 0 aliphatic carbocycles. The van der Waals surface area contributed by atoms with E-state index in [2.05, 4.69) is 5.32 Å². The molecule has 0 aromatic heterocycles. The molecule has 1 aromatic rings. The number of nitrogens with one attached hydrogen (secondary N) is 1. The Bertz CT molecular complexity index is 260. The number of ether oxygens (including phenoxy) is 1. The van der Waals surface area contributed by atoms with Crippen molar-refractivity contribution < 1.29 is 9.53 Å². The summed E-state index contributed by atoms with van der Waals surface area (Å²) in [6.45, 7) is 0. The van der Waals surface area contributed by atoms with Crippen molar-refractivity contribution in [2.24, 2.45) is 0 Å². The summed E-state index contributed by atoms with van der Waals surface area (Å²) in [5.74, 6) is 0.709. The third kappa shape index (κ3) is 0.941. The largest absolute Gasteiger partial charge is 0.461 e. The Balaban J connectivity index is 2.33. The third-order valence-corrected chi connectivity index (χ3v) is 1.53. The second kappa shape index (κ2) is 2.27. The average Bonchev–Trinajstić information content (AvgIpc) is 2.46. The highest BCUT2D eigenvalue weighted by Crippen LogP contribution is 2.29. The summed E-state index contributed by atoms with van der Waals surface area (Å²) in [4.78, 5) is 10.2. The van der Waals surface area contributed by atoms with Crippen LogP contribution in [0.5, 0.6) is 5.75 Å². The molecule has 3 nitrogen and oxygen atoms in total. The summed E-state index contributed by atoms with van der Waals surface area (Å²) in [5, 5.41) is 2.84. The Morgan fingerprint density at radius 1 is 1.45 bits per heavy atom. The summed E-state index contributed by atoms with van der Waals surface area (Å²) in [5.41, 5.74) is 0.848. The van der Waals surface area contributed by atoms with E-state index in [9.17, 15) is 4.79 Å². The number of rotatable bonds is 1. The first-order chi connectivity index (χ1) is 5.40. The lowest BCUT2D eigenvalue weighted by molar-refractivity contribution is 0.309. The molecule has 0 fully saturated rings. The Labute approximate surface area is 64.0 Å². The minimum absolute atomic E-state index is 0.632. The van der Waals surface area contributed by atoms with Gasteiger partial charge in [-0.1, -0.05) is 12.1 Å². The van der Waals surface area contributed by atoms with Gasteiger partial charge in [0.25, 0.3) is 6.29 Å². The molecule has 1 N–H and O–H groups in total. The van der Waals surface area contributed by atoms with Crippen molar-refractivity contribution in [2.75, 3.05) is 5.32 Å². The van der Waals surface area contributed by atoms with E-state index in [4.69, 9.17) is 4.74 Å². The van der Waals surface area contributed by atoms with Crippen LogP contribution in [-0.2, 0) is 4.79 Å². The minimum atomic E-state index is -0.632. The molecule has 0 amide bonds. The van der Waals surface area contributed by atoms with Gasteiger partial charge < -0.3 is 10.1 Å². The van der Waals surface area contributed by atoms with Crippen LogP contribution >= 0.6 is 0 Å². The van der Waals surface area contributed by atoms with Crippen molar-refractivity contribution in [1.29, 1.82) is 0 Å². The zero-order valence-electron chi connectivity index (χ0n) is 5.70. The predicted octanol–water partition coefficient (Wildman–Crippen LogP) is 0.927. The van der Waals surface area contributed by atoms with Crippen LogP contribution < -0.4 is 10.1 Å². The van der Waals surface area contributed by atoms with Crippen molar-refractivity contribution in [3.63, 3.8) is 0 Å². The van der Waals surface area contributed by atoms with Crippen molar-refractivity contribution in [2.45, 2.75) is 6.23 Å². The smallest absolute Gasteiger partial charge is 0.265 e. The highest BCUT2D eigenvalue weighted by atomic mass is 16.5. The number of para-hydroxylation sites is 2. The quantitative estimate of drug-likeness (QED) is 0.643. The van der Waals surface area contributed by atoms with Gasteiger partial charge in [0, 0.05) is 0 Å². The van der Waals surface area contributed by atoms with Gasteiger partial charge in [0.1, 0.15) is 5.75 Å². The molecule has 1 unspecified atom stereocenters. The maximum Gasteiger partial charge on any atom is 0.265 e. The number of anilines is 1. The molecule has 0 saturated carbocycles. The molecule has 55 valence electrons. The molecule has 1 heterocycles. The van der Waals surface area contributed by atoms with E-state index >= 15 is 0 Å². The second-order valence-electron chi connectivity index (χ2n) is 2.26. The number of carbonyl (C=O) groups excluding carboxylic acids is 1. The number of hydrogen-bond acceptors (Lipinski definition) is 3. The van der Waals surface area contributed by atoms with Gasteiger partial charge in [0.2, 0.25) is 6.23 Å². The molecule has 0 bridgehead atoms. The summed E-state index contributed by atoms with van der Waals surface area (Å²) in [6, 6.07) is 7.39. The maximum absolute atomic E-state index is 10.2. The first-order valence-electron chi connectivity index (χ1n) is 3.30. The Morgan fingerprint density at radius 3 is 3.00 bits per heavy atom. The van der Waals surface area contributed by atoms with E-state index in [1.165, 1.54) is 0 Å². The van der Waals surface area contributed by atoms with Crippen LogP contribution in [0.25, 0.3) is 0 Å². The molecule has 1 radical (unpaired) electrons. The van der Waals surface area contributed by atoms with Crippen LogP contribution in [0.1, 0.15) is 0 Å². The van der Waals surface area contributed by atoms with Crippen LogP contribution in [0.15, 0.2) is 24.3 Å². The van der Waals surface area contributed by atoms with E-state index in [0.29, 0.717) is 5.75 Å². The highest BCUT2D eigenvalue weighted by Gasteiger charge is 2.20. The topological polar surface area (TPSA) is 38.3 Å². The molecule has 3 heteroatoms. The van der Waals surface area contributed by atoms with Gasteiger partial charge in [-0.05, 0) is 12.1 Å². The Kier molecular flexibility index (Phi) is 1.28. The first kappa shape index (κ1) is 6.22. The van der Waals surface area contributed by atoms with Crippen molar-refractivity contribution >= 4 is 12.0 Å². The fourth-order valence-corrected chi connectivity index (χ4v) is 1.04. The fraction of sp³-hybridized carbons (Fsp3) is 0.125. The summed E-state index contributed by atoms with van der Waals surface area (Å²) in [6.07, 6.45) is 1.10. The van der Waals surface area contributed by atoms with Gasteiger partial charge in [-0.15, -0.1) is 0 Å². The number of hydrogen-bond donors (Lipinski definition) is 1. The number of benzene rings is 1. The third-order valence-electron chi connectivity index (χ3n) is 1.53. The molecule has 2 rings (SSSR count). The molecule has 1 aromatic carbocycles. The van der Waals surface area contributed by atoms with Gasteiger partial charge in [0.05, 0.1) is 5.69 Å². The van der Waals surface area contributed by atoms with Crippen molar-refractivity contribution in [1.82, 2.24) is 0 Å². The standard InChI is InChI=1S/C8H6NO2/c10-5-8-9-6-3-1-2-4-7(6)11-8/h1-4,8-9H. The van der Waals surface area contributed by atoms with Crippen molar-refractivity contribution in [3.8, 4) is 5.75 Å². The second-order valence-corrected chi connectivity index (χ2v) is 2.26. The van der Waals surface area contributed by atoms with E-state index < -0.39 is 6.23 Å².